The van der Waals surface area contributed by atoms with Gasteiger partial charge in [-0.3, -0.25) is 14.5 Å². The molecule has 0 atom stereocenters. The van der Waals surface area contributed by atoms with Crippen molar-refractivity contribution in [1.29, 1.82) is 0 Å². The largest absolute Gasteiger partial charge is 0.368 e. The monoisotopic (exact) mass is 456 g/mol. The molecule has 2 saturated heterocycles. The van der Waals surface area contributed by atoms with E-state index in [9.17, 15) is 9.59 Å². The summed E-state index contributed by atoms with van der Waals surface area (Å²) in [5.41, 5.74) is 2.29. The van der Waals surface area contributed by atoms with E-state index in [-0.39, 0.29) is 17.5 Å². The summed E-state index contributed by atoms with van der Waals surface area (Å²) < 4.78 is 2.22. The van der Waals surface area contributed by atoms with Crippen LogP contribution in [-0.4, -0.2) is 63.4 Å². The topological polar surface area (TPSA) is 48.8 Å². The van der Waals surface area contributed by atoms with E-state index in [0.717, 1.165) is 49.3 Å². The first kappa shape index (κ1) is 22.0. The van der Waals surface area contributed by atoms with Crippen molar-refractivity contribution < 1.29 is 4.79 Å². The highest BCUT2D eigenvalue weighted by Crippen LogP contribution is 2.37. The van der Waals surface area contributed by atoms with Crippen LogP contribution in [0.5, 0.6) is 0 Å². The van der Waals surface area contributed by atoms with E-state index in [2.05, 4.69) is 22.8 Å². The van der Waals surface area contributed by atoms with Gasteiger partial charge >= 0.3 is 0 Å². The van der Waals surface area contributed by atoms with Crippen LogP contribution in [0.3, 0.4) is 0 Å². The third-order valence-electron chi connectivity index (χ3n) is 6.06. The standard InChI is InChI=1S/C23H28N4O2S2/c1-5-25-10-12-26(13-11-25)20-16-8-6-7-9-18(16)24(4)21(28)17(20)14-19-22(29)27(15(2)3)23(30)31-19/h6-9,14-15H,5,10-13H2,1-4H3. The average Bonchev–Trinajstić information content (AvgIpc) is 3.05. The van der Waals surface area contributed by atoms with Gasteiger partial charge in [0.25, 0.3) is 11.5 Å². The fourth-order valence-electron chi connectivity index (χ4n) is 4.32. The van der Waals surface area contributed by atoms with Gasteiger partial charge in [-0.05, 0) is 32.5 Å². The van der Waals surface area contributed by atoms with E-state index in [1.165, 1.54) is 11.8 Å². The zero-order valence-electron chi connectivity index (χ0n) is 18.4. The number of aromatic nitrogens is 1. The predicted octanol–water partition coefficient (Wildman–Crippen LogP) is 3.29. The van der Waals surface area contributed by atoms with E-state index in [1.807, 2.05) is 32.0 Å². The summed E-state index contributed by atoms with van der Waals surface area (Å²) in [5.74, 6) is -0.123. The lowest BCUT2D eigenvalue weighted by Gasteiger charge is -2.37. The predicted molar refractivity (Wildman–Crippen MR) is 134 cm³/mol. The van der Waals surface area contributed by atoms with E-state index in [0.29, 0.717) is 14.8 Å². The first-order chi connectivity index (χ1) is 14.8. The summed E-state index contributed by atoms with van der Waals surface area (Å²) in [5, 5.41) is 1.03. The Morgan fingerprint density at radius 3 is 2.42 bits per heavy atom. The van der Waals surface area contributed by atoms with Gasteiger partial charge in [-0.15, -0.1) is 0 Å². The molecule has 6 nitrogen and oxygen atoms in total. The molecule has 2 fully saturated rings. The summed E-state index contributed by atoms with van der Waals surface area (Å²) in [7, 11) is 1.79. The molecule has 1 aromatic carbocycles. The number of thioether (sulfide) groups is 1. The number of hydrogen-bond donors (Lipinski definition) is 0. The summed E-state index contributed by atoms with van der Waals surface area (Å²) in [6.45, 7) is 10.7. The van der Waals surface area contributed by atoms with Crippen LogP contribution in [-0.2, 0) is 11.8 Å². The van der Waals surface area contributed by atoms with Gasteiger partial charge in [0, 0.05) is 44.7 Å². The number of para-hydroxylation sites is 1. The number of piperazine rings is 1. The number of carbonyl (C=O) groups excluding carboxylic acids is 1. The molecule has 0 bridgehead atoms. The number of likely N-dealkylation sites (N-methyl/N-ethyl adjacent to an activating group) is 1. The van der Waals surface area contributed by atoms with Gasteiger partial charge in [-0.2, -0.15) is 0 Å². The minimum Gasteiger partial charge on any atom is -0.368 e. The molecule has 31 heavy (non-hydrogen) atoms. The highest BCUT2D eigenvalue weighted by Gasteiger charge is 2.34. The van der Waals surface area contributed by atoms with Crippen LogP contribution in [0, 0.1) is 0 Å². The molecule has 8 heteroatoms. The molecule has 4 rings (SSSR count). The van der Waals surface area contributed by atoms with E-state index < -0.39 is 0 Å². The number of amides is 1. The fourth-order valence-corrected chi connectivity index (χ4v) is 5.82. The molecule has 2 aliphatic heterocycles. The second-order valence-corrected chi connectivity index (χ2v) is 9.89. The molecule has 0 saturated carbocycles. The minimum absolute atomic E-state index is 0.0144. The van der Waals surface area contributed by atoms with Crippen LogP contribution in [0.15, 0.2) is 34.0 Å². The quantitative estimate of drug-likeness (QED) is 0.520. The number of thiocarbonyl (C=S) groups is 1. The first-order valence-electron chi connectivity index (χ1n) is 10.7. The average molecular weight is 457 g/mol. The molecular weight excluding hydrogens is 428 g/mol. The number of carbonyl (C=O) groups is 1. The van der Waals surface area contributed by atoms with Crippen LogP contribution >= 0.6 is 24.0 Å². The Bertz CT molecular complexity index is 1130. The van der Waals surface area contributed by atoms with E-state index >= 15 is 0 Å². The van der Waals surface area contributed by atoms with Gasteiger partial charge in [0.2, 0.25) is 0 Å². The third-order valence-corrected chi connectivity index (χ3v) is 7.39. The highest BCUT2D eigenvalue weighted by molar-refractivity contribution is 8.26. The number of pyridine rings is 1. The Hall–Kier alpha value is -2.16. The normalized spacial score (nSPS) is 19.5. The maximum atomic E-state index is 13.5. The van der Waals surface area contributed by atoms with Crippen LogP contribution in [0.4, 0.5) is 5.69 Å². The molecule has 3 heterocycles. The zero-order valence-corrected chi connectivity index (χ0v) is 20.1. The number of aryl methyl sites for hydroxylation is 1. The van der Waals surface area contributed by atoms with Crippen LogP contribution < -0.4 is 10.5 Å². The smallest absolute Gasteiger partial charge is 0.266 e. The molecule has 0 spiro atoms. The number of anilines is 1. The molecule has 164 valence electrons. The lowest BCUT2D eigenvalue weighted by atomic mass is 10.1. The Morgan fingerprint density at radius 1 is 1.13 bits per heavy atom. The lowest BCUT2D eigenvalue weighted by molar-refractivity contribution is -0.123. The molecule has 0 unspecified atom stereocenters. The van der Waals surface area contributed by atoms with Crippen molar-refractivity contribution in [3.8, 4) is 0 Å². The van der Waals surface area contributed by atoms with Gasteiger partial charge in [0.05, 0.1) is 21.7 Å². The summed E-state index contributed by atoms with van der Waals surface area (Å²) >= 11 is 6.71. The van der Waals surface area contributed by atoms with Gasteiger partial charge in [-0.1, -0.05) is 49.1 Å². The summed E-state index contributed by atoms with van der Waals surface area (Å²) in [4.78, 5) is 33.3. The number of rotatable bonds is 4. The number of nitrogens with zero attached hydrogens (tertiary/aromatic N) is 4. The molecular formula is C23H28N4O2S2. The number of benzene rings is 1. The molecule has 2 aliphatic rings. The fraction of sp³-hybridized carbons (Fsp3) is 0.435. The Kier molecular flexibility index (Phi) is 6.23. The van der Waals surface area contributed by atoms with Crippen molar-refractivity contribution in [2.45, 2.75) is 26.8 Å². The van der Waals surface area contributed by atoms with Crippen molar-refractivity contribution in [3.05, 3.63) is 45.1 Å². The third kappa shape index (κ3) is 3.92. The molecule has 2 aromatic rings. The highest BCUT2D eigenvalue weighted by atomic mass is 32.2. The Morgan fingerprint density at radius 2 is 1.81 bits per heavy atom. The number of hydrogen-bond acceptors (Lipinski definition) is 6. The first-order valence-corrected chi connectivity index (χ1v) is 11.9. The van der Waals surface area contributed by atoms with E-state index in [4.69, 9.17) is 12.2 Å². The molecule has 0 aliphatic carbocycles. The minimum atomic E-state index is -0.123. The molecule has 0 radical (unpaired) electrons. The second kappa shape index (κ2) is 8.76. The van der Waals surface area contributed by atoms with Crippen molar-refractivity contribution in [2.24, 2.45) is 7.05 Å². The Labute approximate surface area is 192 Å². The maximum absolute atomic E-state index is 13.5. The Balaban J connectivity index is 1.89. The molecule has 1 amide bonds. The van der Waals surface area contributed by atoms with Crippen molar-refractivity contribution in [2.75, 3.05) is 37.6 Å². The summed E-state index contributed by atoms with van der Waals surface area (Å²) in [6.07, 6.45) is 1.76. The van der Waals surface area contributed by atoms with Gasteiger partial charge in [-0.25, -0.2) is 0 Å². The summed E-state index contributed by atoms with van der Waals surface area (Å²) in [6, 6.07) is 7.98. The second-order valence-electron chi connectivity index (χ2n) is 8.21. The molecule has 0 N–H and O–H groups in total. The van der Waals surface area contributed by atoms with Crippen molar-refractivity contribution >= 4 is 56.9 Å². The maximum Gasteiger partial charge on any atom is 0.266 e. The zero-order chi connectivity index (χ0) is 22.3. The van der Waals surface area contributed by atoms with Crippen molar-refractivity contribution in [1.82, 2.24) is 14.4 Å². The van der Waals surface area contributed by atoms with Crippen LogP contribution in [0.25, 0.3) is 17.0 Å². The number of fused-ring (bicyclic) bond motifs is 1. The van der Waals surface area contributed by atoms with Gasteiger partial charge in [0.1, 0.15) is 4.32 Å². The van der Waals surface area contributed by atoms with Crippen LogP contribution in [0.2, 0.25) is 0 Å². The van der Waals surface area contributed by atoms with Gasteiger partial charge < -0.3 is 14.4 Å². The van der Waals surface area contributed by atoms with Crippen LogP contribution in [0.1, 0.15) is 26.3 Å². The SMILES string of the molecule is CCN1CCN(c2c(C=C3SC(=S)N(C(C)C)C3=O)c(=O)n(C)c3ccccc23)CC1. The molecule has 1 aromatic heterocycles. The lowest BCUT2D eigenvalue weighted by Crippen LogP contribution is -2.47. The van der Waals surface area contributed by atoms with E-state index in [1.54, 1.807) is 22.6 Å². The van der Waals surface area contributed by atoms with Crippen molar-refractivity contribution in [3.63, 3.8) is 0 Å². The van der Waals surface area contributed by atoms with Gasteiger partial charge in [0.15, 0.2) is 0 Å².